The second kappa shape index (κ2) is 6.05. The molecule has 0 N–H and O–H groups in total. The van der Waals surface area contributed by atoms with Crippen LogP contribution >= 0.6 is 0 Å². The summed E-state index contributed by atoms with van der Waals surface area (Å²) in [7, 11) is 0. The number of nitrogens with zero attached hydrogens (tertiary/aromatic N) is 4. The van der Waals surface area contributed by atoms with E-state index in [2.05, 4.69) is 9.67 Å². The zero-order chi connectivity index (χ0) is 17.4. The molecule has 0 bridgehead atoms. The number of hydrogen-bond donors (Lipinski definition) is 0. The normalized spacial score (nSPS) is 16.5. The Hall–Kier alpha value is -3.15. The summed E-state index contributed by atoms with van der Waals surface area (Å²) in [6.45, 7) is 3.39. The molecule has 2 aromatic heterocycles. The molecular weight excluding hydrogens is 316 g/mol. The van der Waals surface area contributed by atoms with Gasteiger partial charge in [0.25, 0.3) is 11.5 Å². The van der Waals surface area contributed by atoms with Crippen LogP contribution in [0.25, 0.3) is 5.69 Å². The molecule has 6 heteroatoms. The average molecular weight is 334 g/mol. The summed E-state index contributed by atoms with van der Waals surface area (Å²) >= 11 is 0. The van der Waals surface area contributed by atoms with Gasteiger partial charge in [0.05, 0.1) is 11.7 Å². The van der Waals surface area contributed by atoms with E-state index < -0.39 is 0 Å². The van der Waals surface area contributed by atoms with E-state index in [4.69, 9.17) is 0 Å². The second-order valence-electron chi connectivity index (χ2n) is 6.11. The topological polar surface area (TPSA) is 60.1 Å². The molecule has 0 aliphatic carbocycles. The molecule has 3 heterocycles. The molecule has 1 aromatic carbocycles. The zero-order valence-corrected chi connectivity index (χ0v) is 13.9. The molecule has 0 radical (unpaired) electrons. The number of amides is 1. The number of aromatic nitrogens is 3. The molecule has 1 atom stereocenters. The Morgan fingerprint density at radius 1 is 1.04 bits per heavy atom. The summed E-state index contributed by atoms with van der Waals surface area (Å²) in [6.07, 6.45) is 2.03. The van der Waals surface area contributed by atoms with E-state index in [0.29, 0.717) is 12.2 Å². The number of fused-ring (bicyclic) bond motifs is 1. The molecule has 25 heavy (non-hydrogen) atoms. The summed E-state index contributed by atoms with van der Waals surface area (Å²) in [5, 5.41) is 4.30. The first-order chi connectivity index (χ1) is 12.1. The Kier molecular flexibility index (Phi) is 3.72. The van der Waals surface area contributed by atoms with Crippen LogP contribution in [0.4, 0.5) is 0 Å². The Morgan fingerprint density at radius 2 is 1.84 bits per heavy atom. The largest absolute Gasteiger partial charge is 0.348 e. The maximum absolute atomic E-state index is 13.0. The Balaban J connectivity index is 1.69. The van der Waals surface area contributed by atoms with Crippen molar-refractivity contribution in [3.8, 4) is 5.69 Å². The zero-order valence-electron chi connectivity index (χ0n) is 13.9. The summed E-state index contributed by atoms with van der Waals surface area (Å²) < 4.78 is 3.43. The minimum absolute atomic E-state index is 0.0323. The van der Waals surface area contributed by atoms with Gasteiger partial charge in [0, 0.05) is 31.0 Å². The van der Waals surface area contributed by atoms with E-state index in [1.54, 1.807) is 17.0 Å². The van der Waals surface area contributed by atoms with E-state index in [1.165, 1.54) is 16.8 Å². The van der Waals surface area contributed by atoms with E-state index in [9.17, 15) is 9.59 Å². The van der Waals surface area contributed by atoms with Crippen LogP contribution in [0.5, 0.6) is 0 Å². The van der Waals surface area contributed by atoms with Crippen LogP contribution in [0.2, 0.25) is 0 Å². The molecule has 0 saturated heterocycles. The lowest BCUT2D eigenvalue weighted by molar-refractivity contribution is 0.0636. The Labute approximate surface area is 144 Å². The van der Waals surface area contributed by atoms with Gasteiger partial charge in [-0.05, 0) is 37.3 Å². The average Bonchev–Trinajstić information content (AvgIpc) is 3.12. The molecule has 0 unspecified atom stereocenters. The van der Waals surface area contributed by atoms with Gasteiger partial charge >= 0.3 is 0 Å². The highest BCUT2D eigenvalue weighted by molar-refractivity contribution is 5.92. The SMILES string of the molecule is C[C@H]1c2cccn2CCN1C(=O)c1ccc(=O)n(-c2ccccc2)n1. The van der Waals surface area contributed by atoms with Gasteiger partial charge in [0.15, 0.2) is 0 Å². The van der Waals surface area contributed by atoms with Gasteiger partial charge in [-0.3, -0.25) is 9.59 Å². The van der Waals surface area contributed by atoms with E-state index in [0.717, 1.165) is 12.2 Å². The predicted molar refractivity (Wildman–Crippen MR) is 93.7 cm³/mol. The van der Waals surface area contributed by atoms with Gasteiger partial charge in [-0.2, -0.15) is 9.78 Å². The minimum Gasteiger partial charge on any atom is -0.348 e. The van der Waals surface area contributed by atoms with Crippen LogP contribution in [-0.2, 0) is 6.54 Å². The Morgan fingerprint density at radius 3 is 2.64 bits per heavy atom. The van der Waals surface area contributed by atoms with Crippen LogP contribution in [0.15, 0.2) is 65.6 Å². The van der Waals surface area contributed by atoms with Crippen molar-refractivity contribution in [3.05, 3.63) is 82.5 Å². The second-order valence-corrected chi connectivity index (χ2v) is 6.11. The first kappa shape index (κ1) is 15.4. The van der Waals surface area contributed by atoms with Gasteiger partial charge in [-0.15, -0.1) is 0 Å². The van der Waals surface area contributed by atoms with E-state index in [-0.39, 0.29) is 23.2 Å². The third kappa shape index (κ3) is 2.65. The van der Waals surface area contributed by atoms with Crippen molar-refractivity contribution in [1.82, 2.24) is 19.2 Å². The van der Waals surface area contributed by atoms with Gasteiger partial charge in [0.2, 0.25) is 0 Å². The third-order valence-corrected chi connectivity index (χ3v) is 4.62. The van der Waals surface area contributed by atoms with Crippen molar-refractivity contribution in [1.29, 1.82) is 0 Å². The van der Waals surface area contributed by atoms with Crippen LogP contribution in [0.1, 0.15) is 29.1 Å². The lowest BCUT2D eigenvalue weighted by Gasteiger charge is -2.34. The van der Waals surface area contributed by atoms with Crippen LogP contribution in [0.3, 0.4) is 0 Å². The first-order valence-corrected chi connectivity index (χ1v) is 8.27. The molecule has 1 amide bonds. The Bertz CT molecular complexity index is 974. The van der Waals surface area contributed by atoms with Gasteiger partial charge < -0.3 is 9.47 Å². The van der Waals surface area contributed by atoms with Crippen molar-refractivity contribution in [2.24, 2.45) is 0 Å². The highest BCUT2D eigenvalue weighted by Crippen LogP contribution is 2.26. The van der Waals surface area contributed by atoms with Gasteiger partial charge in [-0.1, -0.05) is 18.2 Å². The molecule has 0 saturated carbocycles. The molecule has 1 aliphatic rings. The first-order valence-electron chi connectivity index (χ1n) is 8.27. The molecule has 126 valence electrons. The van der Waals surface area contributed by atoms with Gasteiger partial charge in [-0.25, -0.2) is 0 Å². The smallest absolute Gasteiger partial charge is 0.274 e. The predicted octanol–water partition coefficient (Wildman–Crippen LogP) is 2.25. The molecule has 3 aromatic rings. The van der Waals surface area contributed by atoms with Crippen LogP contribution in [0, 0.1) is 0 Å². The fourth-order valence-corrected chi connectivity index (χ4v) is 3.28. The van der Waals surface area contributed by atoms with Crippen molar-refractivity contribution in [2.75, 3.05) is 6.54 Å². The molecule has 6 nitrogen and oxygen atoms in total. The number of carbonyl (C=O) groups excluding carboxylic acids is 1. The number of rotatable bonds is 2. The van der Waals surface area contributed by atoms with Crippen molar-refractivity contribution < 1.29 is 4.79 Å². The standard InChI is InChI=1S/C19H18N4O2/c1-14-17-8-5-11-21(17)12-13-22(14)19(25)16-9-10-18(24)23(20-16)15-6-3-2-4-7-15/h2-11,14H,12-13H2,1H3/t14-/m0/s1. The highest BCUT2D eigenvalue weighted by atomic mass is 16.2. The lowest BCUT2D eigenvalue weighted by atomic mass is 10.1. The number of para-hydroxylation sites is 1. The van der Waals surface area contributed by atoms with Crippen molar-refractivity contribution in [3.63, 3.8) is 0 Å². The van der Waals surface area contributed by atoms with Crippen LogP contribution < -0.4 is 5.56 Å². The van der Waals surface area contributed by atoms with Crippen LogP contribution in [-0.4, -0.2) is 31.7 Å². The molecule has 0 spiro atoms. The highest BCUT2D eigenvalue weighted by Gasteiger charge is 2.29. The summed E-state index contributed by atoms with van der Waals surface area (Å²) in [5.74, 6) is -0.162. The summed E-state index contributed by atoms with van der Waals surface area (Å²) in [6, 6.07) is 16.0. The molecule has 0 fully saturated rings. The fourth-order valence-electron chi connectivity index (χ4n) is 3.28. The lowest BCUT2D eigenvalue weighted by Crippen LogP contribution is -2.41. The van der Waals surface area contributed by atoms with Crippen molar-refractivity contribution >= 4 is 5.91 Å². The number of hydrogen-bond acceptors (Lipinski definition) is 3. The van der Waals surface area contributed by atoms with E-state index in [1.807, 2.05) is 43.5 Å². The summed E-state index contributed by atoms with van der Waals surface area (Å²) in [4.78, 5) is 26.9. The quantitative estimate of drug-likeness (QED) is 0.722. The summed E-state index contributed by atoms with van der Waals surface area (Å²) in [5.41, 5.74) is 1.76. The minimum atomic E-state index is -0.261. The maximum Gasteiger partial charge on any atom is 0.274 e. The maximum atomic E-state index is 13.0. The monoisotopic (exact) mass is 334 g/mol. The molecule has 4 rings (SSSR count). The number of benzene rings is 1. The van der Waals surface area contributed by atoms with Gasteiger partial charge in [0.1, 0.15) is 5.69 Å². The fraction of sp³-hybridized carbons (Fsp3) is 0.211. The van der Waals surface area contributed by atoms with Crippen molar-refractivity contribution in [2.45, 2.75) is 19.5 Å². The van der Waals surface area contributed by atoms with E-state index >= 15 is 0 Å². The molecule has 1 aliphatic heterocycles. The number of carbonyl (C=O) groups is 1. The molecular formula is C19H18N4O2. The third-order valence-electron chi connectivity index (χ3n) is 4.62.